The number of pyridine rings is 1. The Morgan fingerprint density at radius 2 is 1.74 bits per heavy atom. The molecule has 0 amide bonds. The van der Waals surface area contributed by atoms with E-state index in [-0.39, 0.29) is 0 Å². The molecule has 0 bridgehead atoms. The topological polar surface area (TPSA) is 43.6 Å². The van der Waals surface area contributed by atoms with Crippen LogP contribution in [0.4, 0.5) is 0 Å². The zero-order chi connectivity index (χ0) is 13.1. The van der Waals surface area contributed by atoms with Crippen LogP contribution in [0.3, 0.4) is 0 Å². The molecule has 19 heavy (non-hydrogen) atoms. The fourth-order valence-corrected chi connectivity index (χ4v) is 1.93. The first kappa shape index (κ1) is 11.6. The molecular weight excluding hydrogens is 236 g/mol. The number of aromatic nitrogens is 4. The summed E-state index contributed by atoms with van der Waals surface area (Å²) in [6.45, 7) is 2.14. The van der Waals surface area contributed by atoms with Crippen molar-refractivity contribution in [1.29, 1.82) is 0 Å². The van der Waals surface area contributed by atoms with Crippen molar-refractivity contribution in [3.63, 3.8) is 0 Å². The summed E-state index contributed by atoms with van der Waals surface area (Å²) in [7, 11) is 0. The Labute approximate surface area is 111 Å². The molecular formula is C15H14N4. The van der Waals surface area contributed by atoms with E-state index >= 15 is 0 Å². The van der Waals surface area contributed by atoms with Crippen LogP contribution in [-0.2, 0) is 6.42 Å². The summed E-state index contributed by atoms with van der Waals surface area (Å²) in [6.07, 6.45) is 6.48. The molecule has 4 heteroatoms. The van der Waals surface area contributed by atoms with Crippen molar-refractivity contribution < 1.29 is 0 Å². The molecule has 1 aromatic carbocycles. The van der Waals surface area contributed by atoms with Gasteiger partial charge >= 0.3 is 0 Å². The van der Waals surface area contributed by atoms with Gasteiger partial charge < -0.3 is 0 Å². The van der Waals surface area contributed by atoms with Gasteiger partial charge in [0.1, 0.15) is 5.69 Å². The van der Waals surface area contributed by atoms with Crippen molar-refractivity contribution in [2.45, 2.75) is 13.3 Å². The molecule has 0 N–H and O–H groups in total. The molecule has 0 fully saturated rings. The second-order valence-corrected chi connectivity index (χ2v) is 4.30. The third-order valence-corrected chi connectivity index (χ3v) is 3.08. The van der Waals surface area contributed by atoms with Crippen LogP contribution in [0.15, 0.2) is 55.0 Å². The molecule has 0 atom stereocenters. The van der Waals surface area contributed by atoms with Crippen molar-refractivity contribution in [2.24, 2.45) is 0 Å². The van der Waals surface area contributed by atoms with Gasteiger partial charge in [0, 0.05) is 18.0 Å². The van der Waals surface area contributed by atoms with E-state index in [9.17, 15) is 0 Å². The second kappa shape index (κ2) is 5.02. The number of rotatable bonds is 3. The highest BCUT2D eigenvalue weighted by Crippen LogP contribution is 2.16. The Bertz CT molecular complexity index is 656. The molecule has 0 spiro atoms. The van der Waals surface area contributed by atoms with Gasteiger partial charge in [-0.1, -0.05) is 24.3 Å². The first-order valence-electron chi connectivity index (χ1n) is 6.29. The van der Waals surface area contributed by atoms with Gasteiger partial charge in [0.25, 0.3) is 0 Å². The van der Waals surface area contributed by atoms with E-state index in [0.29, 0.717) is 0 Å². The number of aryl methyl sites for hydroxylation is 1. The Morgan fingerprint density at radius 1 is 1.00 bits per heavy atom. The van der Waals surface area contributed by atoms with E-state index in [1.165, 1.54) is 5.56 Å². The summed E-state index contributed by atoms with van der Waals surface area (Å²) in [6, 6.07) is 12.2. The zero-order valence-electron chi connectivity index (χ0n) is 10.7. The van der Waals surface area contributed by atoms with Gasteiger partial charge in [-0.05, 0) is 36.2 Å². The van der Waals surface area contributed by atoms with Crippen molar-refractivity contribution in [2.75, 3.05) is 0 Å². The maximum Gasteiger partial charge on any atom is 0.113 e. The highest BCUT2D eigenvalue weighted by molar-refractivity contribution is 5.57. The predicted molar refractivity (Wildman–Crippen MR) is 74.0 cm³/mol. The van der Waals surface area contributed by atoms with E-state index in [2.05, 4.69) is 46.5 Å². The lowest BCUT2D eigenvalue weighted by Gasteiger charge is -2.01. The van der Waals surface area contributed by atoms with Crippen LogP contribution < -0.4 is 0 Å². The van der Waals surface area contributed by atoms with E-state index < -0.39 is 0 Å². The molecule has 0 aliphatic heterocycles. The first-order valence-corrected chi connectivity index (χ1v) is 6.29. The number of hydrogen-bond donors (Lipinski definition) is 0. The minimum Gasteiger partial charge on any atom is -0.265 e. The van der Waals surface area contributed by atoms with Gasteiger partial charge in [0.05, 0.1) is 11.9 Å². The van der Waals surface area contributed by atoms with Gasteiger partial charge in [-0.15, -0.1) is 5.10 Å². The van der Waals surface area contributed by atoms with E-state index in [1.807, 2.05) is 18.3 Å². The largest absolute Gasteiger partial charge is 0.265 e. The lowest BCUT2D eigenvalue weighted by molar-refractivity contribution is 0.803. The molecule has 2 aromatic heterocycles. The van der Waals surface area contributed by atoms with Crippen LogP contribution >= 0.6 is 0 Å². The average Bonchev–Trinajstić information content (AvgIpc) is 2.98. The highest BCUT2D eigenvalue weighted by atomic mass is 15.4. The van der Waals surface area contributed by atoms with Gasteiger partial charge in [-0.25, -0.2) is 4.68 Å². The molecule has 0 aliphatic rings. The molecule has 0 unspecified atom stereocenters. The van der Waals surface area contributed by atoms with Crippen LogP contribution in [0, 0.1) is 0 Å². The summed E-state index contributed by atoms with van der Waals surface area (Å²) in [5.41, 5.74) is 4.21. The molecule has 94 valence electrons. The Kier molecular flexibility index (Phi) is 3.06. The Hall–Kier alpha value is -2.49. The van der Waals surface area contributed by atoms with Crippen LogP contribution in [-0.4, -0.2) is 20.0 Å². The normalized spacial score (nSPS) is 10.6. The Balaban J connectivity index is 1.92. The predicted octanol–water partition coefficient (Wildman–Crippen LogP) is 2.89. The molecule has 3 aromatic rings. The van der Waals surface area contributed by atoms with Gasteiger partial charge in [-0.2, -0.15) is 0 Å². The molecule has 0 radical (unpaired) electrons. The van der Waals surface area contributed by atoms with Crippen LogP contribution in [0.25, 0.3) is 16.9 Å². The fraction of sp³-hybridized carbons (Fsp3) is 0.133. The monoisotopic (exact) mass is 250 g/mol. The SMILES string of the molecule is CCc1ccc(-n2cc(-c3ccncc3)nn2)cc1. The minimum atomic E-state index is 0.849. The number of benzene rings is 1. The van der Waals surface area contributed by atoms with Crippen LogP contribution in [0.2, 0.25) is 0 Å². The van der Waals surface area contributed by atoms with Crippen LogP contribution in [0.1, 0.15) is 12.5 Å². The molecule has 4 nitrogen and oxygen atoms in total. The van der Waals surface area contributed by atoms with Crippen molar-refractivity contribution in [3.05, 3.63) is 60.6 Å². The van der Waals surface area contributed by atoms with Crippen molar-refractivity contribution >= 4 is 0 Å². The van der Waals surface area contributed by atoms with E-state index in [4.69, 9.17) is 0 Å². The van der Waals surface area contributed by atoms with Crippen molar-refractivity contribution in [1.82, 2.24) is 20.0 Å². The highest BCUT2D eigenvalue weighted by Gasteiger charge is 2.04. The quantitative estimate of drug-likeness (QED) is 0.718. The molecule has 0 aliphatic carbocycles. The smallest absolute Gasteiger partial charge is 0.113 e. The van der Waals surface area contributed by atoms with Crippen molar-refractivity contribution in [3.8, 4) is 16.9 Å². The molecule has 0 saturated carbocycles. The number of nitrogens with zero attached hydrogens (tertiary/aromatic N) is 4. The summed E-state index contributed by atoms with van der Waals surface area (Å²) in [5, 5.41) is 8.36. The summed E-state index contributed by atoms with van der Waals surface area (Å²) in [5.74, 6) is 0. The fourth-order valence-electron chi connectivity index (χ4n) is 1.93. The first-order chi connectivity index (χ1) is 9.36. The second-order valence-electron chi connectivity index (χ2n) is 4.30. The van der Waals surface area contributed by atoms with E-state index in [0.717, 1.165) is 23.4 Å². The number of hydrogen-bond acceptors (Lipinski definition) is 3. The van der Waals surface area contributed by atoms with Gasteiger partial charge in [-0.3, -0.25) is 4.98 Å². The standard InChI is InChI=1S/C15H14N4/c1-2-12-3-5-14(6-4-12)19-11-15(17-18-19)13-7-9-16-10-8-13/h3-11H,2H2,1H3. The lowest BCUT2D eigenvalue weighted by Crippen LogP contribution is -1.94. The average molecular weight is 250 g/mol. The maximum absolute atomic E-state index is 4.19. The lowest BCUT2D eigenvalue weighted by atomic mass is 10.1. The molecule has 2 heterocycles. The van der Waals surface area contributed by atoms with Gasteiger partial charge in [0.15, 0.2) is 0 Å². The third-order valence-electron chi connectivity index (χ3n) is 3.08. The zero-order valence-corrected chi connectivity index (χ0v) is 10.7. The summed E-state index contributed by atoms with van der Waals surface area (Å²) >= 11 is 0. The third kappa shape index (κ3) is 2.38. The van der Waals surface area contributed by atoms with Gasteiger partial charge in [0.2, 0.25) is 0 Å². The molecule has 3 rings (SSSR count). The maximum atomic E-state index is 4.19. The van der Waals surface area contributed by atoms with E-state index in [1.54, 1.807) is 17.1 Å². The summed E-state index contributed by atoms with van der Waals surface area (Å²) < 4.78 is 1.79. The minimum absolute atomic E-state index is 0.849. The molecule has 0 saturated heterocycles. The summed E-state index contributed by atoms with van der Waals surface area (Å²) in [4.78, 5) is 4.00. The Morgan fingerprint density at radius 3 is 2.42 bits per heavy atom. The van der Waals surface area contributed by atoms with Crippen LogP contribution in [0.5, 0.6) is 0 Å².